The molecule has 0 radical (unpaired) electrons. The average Bonchev–Trinajstić information content (AvgIpc) is 2.37. The van der Waals surface area contributed by atoms with E-state index in [0.29, 0.717) is 16.2 Å². The minimum absolute atomic E-state index is 0.339. The molecule has 1 N–H and O–H groups in total. The quantitative estimate of drug-likeness (QED) is 0.760. The van der Waals surface area contributed by atoms with Crippen molar-refractivity contribution in [3.8, 4) is 0 Å². The highest BCUT2D eigenvalue weighted by molar-refractivity contribution is 9.10. The lowest BCUT2D eigenvalue weighted by molar-refractivity contribution is -0.140. The molecule has 0 bridgehead atoms. The highest BCUT2D eigenvalue weighted by Crippen LogP contribution is 2.32. The predicted molar refractivity (Wildman–Crippen MR) is 73.5 cm³/mol. The summed E-state index contributed by atoms with van der Waals surface area (Å²) in [6.07, 6.45) is -4.85. The molecule has 0 unspecified atom stereocenters. The first-order valence-corrected chi connectivity index (χ1v) is 6.51. The second kappa shape index (κ2) is 5.85. The summed E-state index contributed by atoms with van der Waals surface area (Å²) in [5, 5.41) is 2.34. The molecule has 0 fully saturated rings. The molecular formula is C14H8BrF4NO. The van der Waals surface area contributed by atoms with Crippen LogP contribution in [0.5, 0.6) is 0 Å². The number of hydrogen-bond acceptors (Lipinski definition) is 1. The van der Waals surface area contributed by atoms with Gasteiger partial charge in [-0.05, 0) is 30.3 Å². The molecule has 0 atom stereocenters. The molecule has 0 aromatic heterocycles. The molecule has 0 aliphatic carbocycles. The standard InChI is InChI=1S/C14H8BrF4NO/c15-8-3-1-4-9(7-8)20-13(21)10-5-2-6-11(12(10)16)14(17,18)19/h1-7H,(H,20,21). The van der Waals surface area contributed by atoms with Gasteiger partial charge in [-0.2, -0.15) is 13.2 Å². The van der Waals surface area contributed by atoms with E-state index in [1.165, 1.54) is 6.07 Å². The van der Waals surface area contributed by atoms with Crippen molar-refractivity contribution >= 4 is 27.5 Å². The lowest BCUT2D eigenvalue weighted by Gasteiger charge is -2.11. The first-order chi connectivity index (χ1) is 9.79. The SMILES string of the molecule is O=C(Nc1cccc(Br)c1)c1cccc(C(F)(F)F)c1F. The Morgan fingerprint density at radius 3 is 2.38 bits per heavy atom. The van der Waals surface area contributed by atoms with Crippen molar-refractivity contribution in [1.29, 1.82) is 0 Å². The monoisotopic (exact) mass is 361 g/mol. The maximum atomic E-state index is 13.8. The minimum Gasteiger partial charge on any atom is -0.322 e. The Bertz CT molecular complexity index is 685. The number of rotatable bonds is 2. The summed E-state index contributed by atoms with van der Waals surface area (Å²) < 4.78 is 52.3. The lowest BCUT2D eigenvalue weighted by Crippen LogP contribution is -2.17. The molecule has 0 spiro atoms. The Labute approximate surface area is 125 Å². The summed E-state index contributed by atoms with van der Waals surface area (Å²) >= 11 is 3.19. The zero-order valence-electron chi connectivity index (χ0n) is 10.3. The van der Waals surface area contributed by atoms with E-state index in [1.54, 1.807) is 18.2 Å². The van der Waals surface area contributed by atoms with E-state index in [9.17, 15) is 22.4 Å². The van der Waals surface area contributed by atoms with E-state index in [4.69, 9.17) is 0 Å². The van der Waals surface area contributed by atoms with Crippen LogP contribution in [-0.4, -0.2) is 5.91 Å². The lowest BCUT2D eigenvalue weighted by atomic mass is 10.1. The normalized spacial score (nSPS) is 11.3. The Kier molecular flexibility index (Phi) is 4.32. The zero-order valence-corrected chi connectivity index (χ0v) is 11.9. The second-order valence-electron chi connectivity index (χ2n) is 4.13. The topological polar surface area (TPSA) is 29.1 Å². The number of halogens is 5. The minimum atomic E-state index is -4.85. The third-order valence-corrected chi connectivity index (χ3v) is 3.12. The van der Waals surface area contributed by atoms with Crippen LogP contribution in [0.3, 0.4) is 0 Å². The van der Waals surface area contributed by atoms with Gasteiger partial charge in [-0.25, -0.2) is 4.39 Å². The highest BCUT2D eigenvalue weighted by atomic mass is 79.9. The Balaban J connectivity index is 2.32. The van der Waals surface area contributed by atoms with Gasteiger partial charge in [0.15, 0.2) is 0 Å². The molecule has 0 saturated heterocycles. The summed E-state index contributed by atoms with van der Waals surface area (Å²) in [5.74, 6) is -2.53. The van der Waals surface area contributed by atoms with E-state index in [1.807, 2.05) is 0 Å². The van der Waals surface area contributed by atoms with Crippen LogP contribution in [0.2, 0.25) is 0 Å². The Morgan fingerprint density at radius 1 is 1.10 bits per heavy atom. The molecule has 0 heterocycles. The molecular weight excluding hydrogens is 354 g/mol. The van der Waals surface area contributed by atoms with Crippen molar-refractivity contribution in [2.24, 2.45) is 0 Å². The predicted octanol–water partition coefficient (Wildman–Crippen LogP) is 4.86. The molecule has 2 aromatic rings. The maximum absolute atomic E-state index is 13.8. The number of benzene rings is 2. The number of anilines is 1. The fourth-order valence-corrected chi connectivity index (χ4v) is 2.09. The Morgan fingerprint density at radius 2 is 1.76 bits per heavy atom. The van der Waals surface area contributed by atoms with E-state index >= 15 is 0 Å². The third kappa shape index (κ3) is 3.60. The largest absolute Gasteiger partial charge is 0.419 e. The van der Waals surface area contributed by atoms with Crippen LogP contribution >= 0.6 is 15.9 Å². The fraction of sp³-hybridized carbons (Fsp3) is 0.0714. The molecule has 1 amide bonds. The van der Waals surface area contributed by atoms with E-state index in [0.717, 1.165) is 12.1 Å². The summed E-state index contributed by atoms with van der Waals surface area (Å²) in [5.41, 5.74) is -1.79. The van der Waals surface area contributed by atoms with Crippen LogP contribution in [0.1, 0.15) is 15.9 Å². The summed E-state index contributed by atoms with van der Waals surface area (Å²) in [6, 6.07) is 8.99. The molecule has 0 saturated carbocycles. The van der Waals surface area contributed by atoms with Crippen molar-refractivity contribution in [2.45, 2.75) is 6.18 Å². The molecule has 0 aliphatic heterocycles. The Hall–Kier alpha value is -1.89. The highest BCUT2D eigenvalue weighted by Gasteiger charge is 2.35. The van der Waals surface area contributed by atoms with Gasteiger partial charge in [0, 0.05) is 10.2 Å². The van der Waals surface area contributed by atoms with Crippen LogP contribution in [-0.2, 0) is 6.18 Å². The summed E-state index contributed by atoms with van der Waals surface area (Å²) in [6.45, 7) is 0. The van der Waals surface area contributed by atoms with Crippen molar-refractivity contribution in [3.05, 3.63) is 63.9 Å². The van der Waals surface area contributed by atoms with Gasteiger partial charge in [-0.3, -0.25) is 4.79 Å². The molecule has 21 heavy (non-hydrogen) atoms. The van der Waals surface area contributed by atoms with Crippen LogP contribution in [0, 0.1) is 5.82 Å². The van der Waals surface area contributed by atoms with E-state index in [-0.39, 0.29) is 0 Å². The molecule has 0 aliphatic rings. The van der Waals surface area contributed by atoms with Gasteiger partial charge in [-0.1, -0.05) is 28.1 Å². The molecule has 2 aromatic carbocycles. The van der Waals surface area contributed by atoms with Crippen molar-refractivity contribution in [1.82, 2.24) is 0 Å². The number of amides is 1. The zero-order chi connectivity index (χ0) is 15.6. The summed E-state index contributed by atoms with van der Waals surface area (Å²) in [7, 11) is 0. The van der Waals surface area contributed by atoms with Crippen LogP contribution in [0.25, 0.3) is 0 Å². The van der Waals surface area contributed by atoms with Crippen LogP contribution < -0.4 is 5.32 Å². The first kappa shape index (κ1) is 15.5. The van der Waals surface area contributed by atoms with E-state index < -0.39 is 29.0 Å². The van der Waals surface area contributed by atoms with Crippen LogP contribution in [0.15, 0.2) is 46.9 Å². The van der Waals surface area contributed by atoms with E-state index in [2.05, 4.69) is 21.2 Å². The van der Waals surface area contributed by atoms with Gasteiger partial charge in [0.1, 0.15) is 5.82 Å². The fourth-order valence-electron chi connectivity index (χ4n) is 1.69. The maximum Gasteiger partial charge on any atom is 0.419 e. The summed E-state index contributed by atoms with van der Waals surface area (Å²) in [4.78, 5) is 11.9. The van der Waals surface area contributed by atoms with Gasteiger partial charge in [0.25, 0.3) is 5.91 Å². The average molecular weight is 362 g/mol. The smallest absolute Gasteiger partial charge is 0.322 e. The van der Waals surface area contributed by atoms with Crippen LogP contribution in [0.4, 0.5) is 23.2 Å². The van der Waals surface area contributed by atoms with Crippen molar-refractivity contribution < 1.29 is 22.4 Å². The number of alkyl halides is 3. The number of carbonyl (C=O) groups is 1. The molecule has 7 heteroatoms. The second-order valence-corrected chi connectivity index (χ2v) is 5.05. The van der Waals surface area contributed by atoms with Gasteiger partial charge in [0.2, 0.25) is 0 Å². The van der Waals surface area contributed by atoms with Gasteiger partial charge in [-0.15, -0.1) is 0 Å². The third-order valence-electron chi connectivity index (χ3n) is 2.63. The molecule has 110 valence electrons. The van der Waals surface area contributed by atoms with Crippen molar-refractivity contribution in [3.63, 3.8) is 0 Å². The number of nitrogens with one attached hydrogen (secondary N) is 1. The molecule has 2 rings (SSSR count). The van der Waals surface area contributed by atoms with Gasteiger partial charge < -0.3 is 5.32 Å². The molecule has 2 nitrogen and oxygen atoms in total. The van der Waals surface area contributed by atoms with Crippen molar-refractivity contribution in [2.75, 3.05) is 5.32 Å². The number of carbonyl (C=O) groups excluding carboxylic acids is 1. The number of hydrogen-bond donors (Lipinski definition) is 1. The van der Waals surface area contributed by atoms with Gasteiger partial charge in [0.05, 0.1) is 11.1 Å². The first-order valence-electron chi connectivity index (χ1n) is 5.71. The van der Waals surface area contributed by atoms with Gasteiger partial charge >= 0.3 is 6.18 Å².